The summed E-state index contributed by atoms with van der Waals surface area (Å²) in [6.07, 6.45) is 1.25. The zero-order valence-corrected chi connectivity index (χ0v) is 10.0. The summed E-state index contributed by atoms with van der Waals surface area (Å²) in [6.45, 7) is 1.73. The fraction of sp³-hybridized carbons (Fsp3) is 0.100. The summed E-state index contributed by atoms with van der Waals surface area (Å²) in [5.74, 6) is -0.639. The lowest BCUT2D eigenvalue weighted by molar-refractivity contribution is -0.128. The highest BCUT2D eigenvalue weighted by Gasteiger charge is 2.05. The Balaban J connectivity index is 3.06. The van der Waals surface area contributed by atoms with Crippen molar-refractivity contribution < 1.29 is 9.08 Å². The van der Waals surface area contributed by atoms with Crippen LogP contribution in [0.4, 0.5) is 0 Å². The lowest BCUT2D eigenvalue weighted by Crippen LogP contribution is -1.92. The lowest BCUT2D eigenvalue weighted by atomic mass is 10.1. The van der Waals surface area contributed by atoms with Gasteiger partial charge in [0.25, 0.3) is 0 Å². The van der Waals surface area contributed by atoms with E-state index >= 15 is 0 Å². The van der Waals surface area contributed by atoms with Gasteiger partial charge in [-0.1, -0.05) is 29.3 Å². The first kappa shape index (κ1) is 12.4. The maximum Gasteiger partial charge on any atom is 0.349 e. The Kier molecular flexibility index (Phi) is 4.45. The van der Waals surface area contributed by atoms with Crippen LogP contribution in [0.5, 0.6) is 0 Å². The summed E-state index contributed by atoms with van der Waals surface area (Å²) in [4.78, 5) is 10.9. The number of benzene rings is 1. The minimum Gasteiger partial charge on any atom is -0.344 e. The third-order valence-electron chi connectivity index (χ3n) is 1.77. The molecule has 0 aliphatic rings. The molecule has 0 atom stereocenters. The average Bonchev–Trinajstić information content (AvgIpc) is 2.17. The van der Waals surface area contributed by atoms with Crippen molar-refractivity contribution in [2.24, 2.45) is 0 Å². The van der Waals surface area contributed by atoms with Crippen molar-refractivity contribution in [3.05, 3.63) is 39.9 Å². The Labute approximate surface area is 103 Å². The first-order valence-corrected chi connectivity index (χ1v) is 5.07. The van der Waals surface area contributed by atoms with Gasteiger partial charge < -0.3 is 4.29 Å². The van der Waals surface area contributed by atoms with E-state index in [1.165, 1.54) is 6.08 Å². The van der Waals surface area contributed by atoms with Crippen LogP contribution < -0.4 is 0 Å². The molecule has 80 valence electrons. The van der Waals surface area contributed by atoms with E-state index in [1.807, 2.05) is 0 Å². The Morgan fingerprint density at radius 2 is 2.07 bits per heavy atom. The summed E-state index contributed by atoms with van der Waals surface area (Å²) < 4.78 is 3.99. The third-order valence-corrected chi connectivity index (χ3v) is 2.47. The average molecular weight is 266 g/mol. The number of carbonyl (C=O) groups excluding carboxylic acids is 1. The molecule has 1 rings (SSSR count). The van der Waals surface area contributed by atoms with Crippen molar-refractivity contribution in [3.8, 4) is 0 Å². The highest BCUT2D eigenvalue weighted by molar-refractivity contribution is 6.35. The molecule has 0 aliphatic heterocycles. The van der Waals surface area contributed by atoms with E-state index in [-0.39, 0.29) is 0 Å². The van der Waals surface area contributed by atoms with Crippen molar-refractivity contribution in [2.45, 2.75) is 6.92 Å². The molecule has 0 amide bonds. The van der Waals surface area contributed by atoms with Gasteiger partial charge in [-0.2, -0.15) is 0 Å². The molecule has 2 nitrogen and oxygen atoms in total. The molecule has 0 unspecified atom stereocenters. The lowest BCUT2D eigenvalue weighted by Gasteiger charge is -2.04. The SMILES string of the molecule is C/C(=C\C(=O)OCl)c1ccc(Cl)cc1Cl. The van der Waals surface area contributed by atoms with E-state index in [2.05, 4.69) is 4.29 Å². The molecule has 1 aromatic carbocycles. The number of rotatable bonds is 2. The zero-order chi connectivity index (χ0) is 11.4. The molecule has 5 heteroatoms. The predicted molar refractivity (Wildman–Crippen MR) is 62.1 cm³/mol. The maximum absolute atomic E-state index is 10.9. The minimum atomic E-state index is -0.639. The van der Waals surface area contributed by atoms with Crippen molar-refractivity contribution >= 4 is 46.6 Å². The topological polar surface area (TPSA) is 26.3 Å². The zero-order valence-electron chi connectivity index (χ0n) is 7.76. The van der Waals surface area contributed by atoms with E-state index in [0.717, 1.165) is 0 Å². The second kappa shape index (κ2) is 5.40. The van der Waals surface area contributed by atoms with Crippen LogP contribution in [0, 0.1) is 0 Å². The number of hydrogen-bond donors (Lipinski definition) is 0. The predicted octanol–water partition coefficient (Wildman–Crippen LogP) is 4.09. The Morgan fingerprint density at radius 3 is 2.60 bits per heavy atom. The summed E-state index contributed by atoms with van der Waals surface area (Å²) in [5, 5.41) is 1.01. The summed E-state index contributed by atoms with van der Waals surface area (Å²) in [6, 6.07) is 5.01. The van der Waals surface area contributed by atoms with Gasteiger partial charge in [0.05, 0.1) is 0 Å². The fourth-order valence-electron chi connectivity index (χ4n) is 1.09. The summed E-state index contributed by atoms with van der Waals surface area (Å²) in [5.41, 5.74) is 1.37. The molecule has 0 bridgehead atoms. The van der Waals surface area contributed by atoms with E-state index in [0.29, 0.717) is 21.2 Å². The molecule has 0 aromatic heterocycles. The monoisotopic (exact) mass is 264 g/mol. The van der Waals surface area contributed by atoms with Crippen molar-refractivity contribution in [2.75, 3.05) is 0 Å². The van der Waals surface area contributed by atoms with E-state index in [1.54, 1.807) is 25.1 Å². The molecule has 0 saturated carbocycles. The molecule has 0 N–H and O–H groups in total. The van der Waals surface area contributed by atoms with Gasteiger partial charge in [0.1, 0.15) is 11.9 Å². The molecule has 0 saturated heterocycles. The molecule has 0 fully saturated rings. The van der Waals surface area contributed by atoms with Gasteiger partial charge in [0, 0.05) is 16.1 Å². The first-order valence-electron chi connectivity index (χ1n) is 4.01. The van der Waals surface area contributed by atoms with Crippen LogP contribution in [0.25, 0.3) is 5.57 Å². The Bertz CT molecular complexity index is 413. The van der Waals surface area contributed by atoms with Gasteiger partial charge in [-0.3, -0.25) is 0 Å². The van der Waals surface area contributed by atoms with Gasteiger partial charge in [-0.05, 0) is 30.2 Å². The smallest absolute Gasteiger partial charge is 0.344 e. The van der Waals surface area contributed by atoms with Gasteiger partial charge >= 0.3 is 5.97 Å². The number of allylic oxidation sites excluding steroid dienone is 1. The van der Waals surface area contributed by atoms with Crippen LogP contribution in [0.15, 0.2) is 24.3 Å². The molecule has 0 aliphatic carbocycles. The Morgan fingerprint density at radius 1 is 1.40 bits per heavy atom. The van der Waals surface area contributed by atoms with Crippen molar-refractivity contribution in [3.63, 3.8) is 0 Å². The normalized spacial score (nSPS) is 11.3. The maximum atomic E-state index is 10.9. The second-order valence-electron chi connectivity index (χ2n) is 2.85. The third kappa shape index (κ3) is 3.42. The Hall–Kier alpha value is -0.700. The minimum absolute atomic E-state index is 0.471. The van der Waals surface area contributed by atoms with Crippen molar-refractivity contribution in [1.82, 2.24) is 0 Å². The van der Waals surface area contributed by atoms with Crippen LogP contribution >= 0.6 is 35.1 Å². The first-order chi connectivity index (χ1) is 7.04. The molecule has 0 radical (unpaired) electrons. The molecule has 15 heavy (non-hydrogen) atoms. The number of halogens is 3. The molecular weight excluding hydrogens is 258 g/mol. The van der Waals surface area contributed by atoms with Gasteiger partial charge in [0.15, 0.2) is 0 Å². The fourth-order valence-corrected chi connectivity index (χ4v) is 1.69. The second-order valence-corrected chi connectivity index (χ2v) is 3.85. The van der Waals surface area contributed by atoms with Crippen LogP contribution in [0.1, 0.15) is 12.5 Å². The van der Waals surface area contributed by atoms with E-state index in [9.17, 15) is 4.79 Å². The van der Waals surface area contributed by atoms with Crippen LogP contribution in [-0.4, -0.2) is 5.97 Å². The van der Waals surface area contributed by atoms with Crippen LogP contribution in [0.3, 0.4) is 0 Å². The largest absolute Gasteiger partial charge is 0.349 e. The van der Waals surface area contributed by atoms with E-state index in [4.69, 9.17) is 35.1 Å². The molecule has 0 spiro atoms. The van der Waals surface area contributed by atoms with Crippen LogP contribution in [-0.2, 0) is 9.08 Å². The highest BCUT2D eigenvalue weighted by Crippen LogP contribution is 2.26. The standard InChI is InChI=1S/C10H7Cl3O2/c1-6(4-10(14)15-13)8-3-2-7(11)5-9(8)12/h2-5H,1H3/b6-4+. The summed E-state index contributed by atoms with van der Waals surface area (Å²) in [7, 11) is 0. The summed E-state index contributed by atoms with van der Waals surface area (Å²) >= 11 is 16.6. The van der Waals surface area contributed by atoms with E-state index < -0.39 is 5.97 Å². The highest BCUT2D eigenvalue weighted by atomic mass is 35.5. The van der Waals surface area contributed by atoms with Crippen molar-refractivity contribution in [1.29, 1.82) is 0 Å². The van der Waals surface area contributed by atoms with Gasteiger partial charge in [-0.15, -0.1) is 0 Å². The molecule has 0 heterocycles. The van der Waals surface area contributed by atoms with Gasteiger partial charge in [-0.25, -0.2) is 4.79 Å². The number of hydrogen-bond acceptors (Lipinski definition) is 2. The van der Waals surface area contributed by atoms with Gasteiger partial charge in [0.2, 0.25) is 0 Å². The van der Waals surface area contributed by atoms with Crippen LogP contribution in [0.2, 0.25) is 10.0 Å². The number of carbonyl (C=O) groups is 1. The molecular formula is C10H7Cl3O2. The molecule has 1 aromatic rings. The quantitative estimate of drug-likeness (QED) is 0.753.